The summed E-state index contributed by atoms with van der Waals surface area (Å²) in [6.45, 7) is 6.69. The molecule has 0 aliphatic carbocycles. The summed E-state index contributed by atoms with van der Waals surface area (Å²) in [5, 5.41) is 0. The van der Waals surface area contributed by atoms with E-state index in [0.717, 1.165) is 11.6 Å². The fraction of sp³-hybridized carbons (Fsp3) is 0.538. The number of nitrogen functional groups attached to an aromatic ring is 1. The van der Waals surface area contributed by atoms with Crippen molar-refractivity contribution >= 4 is 17.4 Å². The maximum atomic E-state index is 5.77. The van der Waals surface area contributed by atoms with E-state index < -0.39 is 0 Å². The highest BCUT2D eigenvalue weighted by atomic mass is 32.2. The molecule has 0 amide bonds. The first-order valence-corrected chi connectivity index (χ1v) is 6.57. The van der Waals surface area contributed by atoms with E-state index in [0.29, 0.717) is 0 Å². The molecule has 0 saturated carbocycles. The Morgan fingerprint density at radius 1 is 1.33 bits per heavy atom. The molecule has 0 saturated heterocycles. The van der Waals surface area contributed by atoms with Crippen molar-refractivity contribution in [2.24, 2.45) is 5.92 Å². The molecule has 2 heteroatoms. The lowest BCUT2D eigenvalue weighted by Crippen LogP contribution is -1.91. The number of nitrogens with two attached hydrogens (primary N) is 1. The standard InChI is InChI=1S/C13H21NS/c1-10(2)5-4-8-15-13-9-12(14)7-6-11(13)3/h6-7,9-10H,4-5,8,14H2,1-3H3. The van der Waals surface area contributed by atoms with Gasteiger partial charge >= 0.3 is 0 Å². The zero-order valence-corrected chi connectivity index (χ0v) is 10.7. The van der Waals surface area contributed by atoms with Crippen molar-refractivity contribution in [3.05, 3.63) is 23.8 Å². The van der Waals surface area contributed by atoms with E-state index in [4.69, 9.17) is 5.73 Å². The molecule has 0 aliphatic heterocycles. The minimum absolute atomic E-state index is 0.813. The number of benzene rings is 1. The van der Waals surface area contributed by atoms with E-state index in [1.807, 2.05) is 17.8 Å². The van der Waals surface area contributed by atoms with Gasteiger partial charge in [0.05, 0.1) is 0 Å². The fourth-order valence-corrected chi connectivity index (χ4v) is 2.49. The van der Waals surface area contributed by atoms with Crippen LogP contribution in [0.3, 0.4) is 0 Å². The Labute approximate surface area is 97.4 Å². The molecule has 0 heterocycles. The first-order valence-electron chi connectivity index (χ1n) is 5.58. The second-order valence-electron chi connectivity index (χ2n) is 4.41. The highest BCUT2D eigenvalue weighted by Crippen LogP contribution is 2.25. The third-order valence-corrected chi connectivity index (χ3v) is 3.64. The molecule has 1 nitrogen and oxygen atoms in total. The summed E-state index contributed by atoms with van der Waals surface area (Å²) in [4.78, 5) is 1.33. The quantitative estimate of drug-likeness (QED) is 0.462. The highest BCUT2D eigenvalue weighted by molar-refractivity contribution is 7.99. The van der Waals surface area contributed by atoms with E-state index in [9.17, 15) is 0 Å². The van der Waals surface area contributed by atoms with Crippen molar-refractivity contribution in [1.29, 1.82) is 0 Å². The topological polar surface area (TPSA) is 26.0 Å². The normalized spacial score (nSPS) is 10.9. The Hall–Kier alpha value is -0.630. The van der Waals surface area contributed by atoms with Crippen molar-refractivity contribution in [2.45, 2.75) is 38.5 Å². The maximum absolute atomic E-state index is 5.77. The van der Waals surface area contributed by atoms with E-state index in [1.54, 1.807) is 0 Å². The molecule has 0 aliphatic rings. The average Bonchev–Trinajstić information content (AvgIpc) is 2.17. The Bertz CT molecular complexity index is 307. The fourth-order valence-electron chi connectivity index (χ4n) is 1.45. The largest absolute Gasteiger partial charge is 0.399 e. The molecule has 1 aromatic carbocycles. The van der Waals surface area contributed by atoms with Gasteiger partial charge in [-0.05, 0) is 42.7 Å². The van der Waals surface area contributed by atoms with Gasteiger partial charge in [-0.15, -0.1) is 11.8 Å². The van der Waals surface area contributed by atoms with Crippen LogP contribution in [-0.4, -0.2) is 5.75 Å². The zero-order valence-electron chi connectivity index (χ0n) is 9.92. The zero-order chi connectivity index (χ0) is 11.3. The van der Waals surface area contributed by atoms with Crippen LogP contribution in [0.15, 0.2) is 23.1 Å². The van der Waals surface area contributed by atoms with Gasteiger partial charge in [0.15, 0.2) is 0 Å². The molecule has 0 spiro atoms. The molecule has 0 unspecified atom stereocenters. The average molecular weight is 223 g/mol. The molecular weight excluding hydrogens is 202 g/mol. The maximum Gasteiger partial charge on any atom is 0.0325 e. The SMILES string of the molecule is Cc1ccc(N)cc1SCCCC(C)C. The molecule has 0 radical (unpaired) electrons. The molecule has 0 bridgehead atoms. The van der Waals surface area contributed by atoms with Crippen LogP contribution < -0.4 is 5.73 Å². The second-order valence-corrected chi connectivity index (χ2v) is 5.55. The van der Waals surface area contributed by atoms with E-state index in [1.165, 1.54) is 29.1 Å². The summed E-state index contributed by atoms with van der Waals surface area (Å²) in [6.07, 6.45) is 2.60. The van der Waals surface area contributed by atoms with E-state index in [2.05, 4.69) is 32.9 Å². The van der Waals surface area contributed by atoms with Crippen LogP contribution in [0, 0.1) is 12.8 Å². The van der Waals surface area contributed by atoms with Crippen LogP contribution in [0.1, 0.15) is 32.3 Å². The van der Waals surface area contributed by atoms with Crippen molar-refractivity contribution in [1.82, 2.24) is 0 Å². The Morgan fingerprint density at radius 3 is 2.73 bits per heavy atom. The van der Waals surface area contributed by atoms with Crippen molar-refractivity contribution in [3.8, 4) is 0 Å². The minimum Gasteiger partial charge on any atom is -0.399 e. The van der Waals surface area contributed by atoms with Crippen LogP contribution in [-0.2, 0) is 0 Å². The van der Waals surface area contributed by atoms with Crippen molar-refractivity contribution in [3.63, 3.8) is 0 Å². The Morgan fingerprint density at radius 2 is 2.07 bits per heavy atom. The third-order valence-electron chi connectivity index (χ3n) is 2.40. The number of thioether (sulfide) groups is 1. The summed E-state index contributed by atoms with van der Waals surface area (Å²) in [5.74, 6) is 2.01. The van der Waals surface area contributed by atoms with Crippen LogP contribution in [0.5, 0.6) is 0 Å². The van der Waals surface area contributed by atoms with Crippen molar-refractivity contribution < 1.29 is 0 Å². The first kappa shape index (κ1) is 12.4. The molecule has 15 heavy (non-hydrogen) atoms. The molecule has 0 atom stereocenters. The lowest BCUT2D eigenvalue weighted by Gasteiger charge is -2.07. The van der Waals surface area contributed by atoms with Gasteiger partial charge in [-0.1, -0.05) is 26.3 Å². The van der Waals surface area contributed by atoms with E-state index in [-0.39, 0.29) is 0 Å². The predicted octanol–water partition coefficient (Wildman–Crippen LogP) is 4.11. The summed E-state index contributed by atoms with van der Waals surface area (Å²) in [6, 6.07) is 6.14. The molecule has 1 rings (SSSR count). The lowest BCUT2D eigenvalue weighted by molar-refractivity contribution is 0.579. The van der Waals surface area contributed by atoms with Gasteiger partial charge in [-0.25, -0.2) is 0 Å². The Balaban J connectivity index is 2.40. The van der Waals surface area contributed by atoms with Gasteiger partial charge in [-0.3, -0.25) is 0 Å². The first-order chi connectivity index (χ1) is 7.09. The second kappa shape index (κ2) is 6.06. The van der Waals surface area contributed by atoms with E-state index >= 15 is 0 Å². The summed E-state index contributed by atoms with van der Waals surface area (Å²) in [7, 11) is 0. The number of rotatable bonds is 5. The summed E-state index contributed by atoms with van der Waals surface area (Å²) < 4.78 is 0. The van der Waals surface area contributed by atoms with Gasteiger partial charge in [0, 0.05) is 10.6 Å². The molecule has 0 fully saturated rings. The van der Waals surface area contributed by atoms with Crippen LogP contribution in [0.25, 0.3) is 0 Å². The summed E-state index contributed by atoms with van der Waals surface area (Å²) >= 11 is 1.92. The van der Waals surface area contributed by atoms with Gasteiger partial charge in [0.2, 0.25) is 0 Å². The highest BCUT2D eigenvalue weighted by Gasteiger charge is 2.00. The van der Waals surface area contributed by atoms with Gasteiger partial charge in [0.1, 0.15) is 0 Å². The number of aryl methyl sites for hydroxylation is 1. The molecule has 2 N–H and O–H groups in total. The third kappa shape index (κ3) is 4.61. The molecule has 1 aromatic rings. The molecular formula is C13H21NS. The molecule has 84 valence electrons. The van der Waals surface area contributed by atoms with Gasteiger partial charge in [-0.2, -0.15) is 0 Å². The van der Waals surface area contributed by atoms with Crippen LogP contribution >= 0.6 is 11.8 Å². The summed E-state index contributed by atoms with van der Waals surface area (Å²) in [5.41, 5.74) is 7.97. The van der Waals surface area contributed by atoms with Crippen LogP contribution in [0.2, 0.25) is 0 Å². The number of hydrogen-bond donors (Lipinski definition) is 1. The minimum atomic E-state index is 0.813. The predicted molar refractivity (Wildman–Crippen MR) is 70.4 cm³/mol. The number of anilines is 1. The number of hydrogen-bond acceptors (Lipinski definition) is 2. The Kier molecular flexibility index (Phi) is 5.03. The van der Waals surface area contributed by atoms with Crippen molar-refractivity contribution in [2.75, 3.05) is 11.5 Å². The van der Waals surface area contributed by atoms with Crippen LogP contribution in [0.4, 0.5) is 5.69 Å². The smallest absolute Gasteiger partial charge is 0.0325 e. The van der Waals surface area contributed by atoms with Gasteiger partial charge < -0.3 is 5.73 Å². The molecule has 0 aromatic heterocycles. The lowest BCUT2D eigenvalue weighted by atomic mass is 10.1. The monoisotopic (exact) mass is 223 g/mol. The van der Waals surface area contributed by atoms with Gasteiger partial charge in [0.25, 0.3) is 0 Å².